The van der Waals surface area contributed by atoms with Gasteiger partial charge in [-0.3, -0.25) is 0 Å². The Balaban J connectivity index is 3.58. The number of alkyl halides is 2. The molecular formula is C8H16Cl2O. The average molecular weight is 199 g/mol. The maximum absolute atomic E-state index is 5.66. The van der Waals surface area contributed by atoms with Crippen LogP contribution in [-0.2, 0) is 4.74 Å². The third-order valence-corrected chi connectivity index (χ3v) is 2.33. The maximum Gasteiger partial charge on any atom is 0.0712 e. The van der Waals surface area contributed by atoms with Gasteiger partial charge in [0.25, 0.3) is 0 Å². The largest absolute Gasteiger partial charge is 0.373 e. The molecule has 0 radical (unpaired) electrons. The van der Waals surface area contributed by atoms with E-state index in [9.17, 15) is 0 Å². The highest BCUT2D eigenvalue weighted by Crippen LogP contribution is 2.08. The summed E-state index contributed by atoms with van der Waals surface area (Å²) in [5.74, 6) is 1.12. The summed E-state index contributed by atoms with van der Waals surface area (Å²) in [6.07, 6.45) is 2.24. The fourth-order valence-corrected chi connectivity index (χ4v) is 1.34. The average Bonchev–Trinajstić information content (AvgIpc) is 2.07. The van der Waals surface area contributed by atoms with E-state index >= 15 is 0 Å². The van der Waals surface area contributed by atoms with Crippen LogP contribution in [0.15, 0.2) is 0 Å². The topological polar surface area (TPSA) is 9.23 Å². The fourth-order valence-electron chi connectivity index (χ4n) is 0.756. The summed E-state index contributed by atoms with van der Waals surface area (Å²) < 4.78 is 5.58. The molecule has 3 heteroatoms. The Morgan fingerprint density at radius 2 is 1.36 bits per heavy atom. The SMILES string of the molecule is CCC(CCl)OC(CC)CCl. The van der Waals surface area contributed by atoms with E-state index in [-0.39, 0.29) is 12.2 Å². The number of ether oxygens (including phenoxy) is 1. The van der Waals surface area contributed by atoms with Gasteiger partial charge in [-0.15, -0.1) is 23.2 Å². The summed E-state index contributed by atoms with van der Waals surface area (Å²) >= 11 is 11.3. The zero-order valence-corrected chi connectivity index (χ0v) is 8.66. The first-order valence-corrected chi connectivity index (χ1v) is 5.12. The zero-order chi connectivity index (χ0) is 8.69. The van der Waals surface area contributed by atoms with Crippen molar-refractivity contribution in [3.8, 4) is 0 Å². The number of rotatable bonds is 6. The Hall–Kier alpha value is 0.540. The van der Waals surface area contributed by atoms with E-state index < -0.39 is 0 Å². The van der Waals surface area contributed by atoms with Crippen LogP contribution in [0.1, 0.15) is 26.7 Å². The summed E-state index contributed by atoms with van der Waals surface area (Å²) in [4.78, 5) is 0. The van der Waals surface area contributed by atoms with Crippen molar-refractivity contribution in [2.45, 2.75) is 38.9 Å². The molecule has 0 aromatic rings. The van der Waals surface area contributed by atoms with Gasteiger partial charge in [0, 0.05) is 11.8 Å². The molecule has 0 fully saturated rings. The number of hydrogen-bond acceptors (Lipinski definition) is 1. The predicted octanol–water partition coefficient (Wildman–Crippen LogP) is 3.04. The third-order valence-electron chi connectivity index (χ3n) is 1.64. The Bertz CT molecular complexity index is 70.2. The molecule has 0 rings (SSSR count). The van der Waals surface area contributed by atoms with E-state index in [1.54, 1.807) is 0 Å². The van der Waals surface area contributed by atoms with Gasteiger partial charge in [-0.2, -0.15) is 0 Å². The summed E-state index contributed by atoms with van der Waals surface area (Å²) in [7, 11) is 0. The van der Waals surface area contributed by atoms with Gasteiger partial charge in [0.2, 0.25) is 0 Å². The molecule has 0 saturated carbocycles. The second kappa shape index (κ2) is 7.20. The maximum atomic E-state index is 5.66. The summed E-state index contributed by atoms with van der Waals surface area (Å²) in [5, 5.41) is 0. The van der Waals surface area contributed by atoms with Crippen molar-refractivity contribution in [1.29, 1.82) is 0 Å². The minimum Gasteiger partial charge on any atom is -0.373 e. The molecule has 0 spiro atoms. The smallest absolute Gasteiger partial charge is 0.0712 e. The van der Waals surface area contributed by atoms with E-state index in [0.29, 0.717) is 11.8 Å². The number of halogens is 2. The molecule has 0 aliphatic heterocycles. The molecule has 0 aliphatic rings. The highest BCUT2D eigenvalue weighted by molar-refractivity contribution is 6.18. The van der Waals surface area contributed by atoms with Crippen LogP contribution in [-0.4, -0.2) is 24.0 Å². The van der Waals surface area contributed by atoms with Crippen molar-refractivity contribution in [1.82, 2.24) is 0 Å². The molecule has 11 heavy (non-hydrogen) atoms. The van der Waals surface area contributed by atoms with Crippen LogP contribution in [0.25, 0.3) is 0 Å². The normalized spacial score (nSPS) is 16.4. The lowest BCUT2D eigenvalue weighted by molar-refractivity contribution is 0.00898. The van der Waals surface area contributed by atoms with Crippen molar-refractivity contribution in [3.63, 3.8) is 0 Å². The molecule has 0 bridgehead atoms. The molecule has 0 heterocycles. The molecule has 2 atom stereocenters. The Kier molecular flexibility index (Phi) is 7.56. The zero-order valence-electron chi connectivity index (χ0n) is 7.15. The second-order valence-corrected chi connectivity index (χ2v) is 3.12. The molecule has 1 nitrogen and oxygen atoms in total. The molecular weight excluding hydrogens is 183 g/mol. The molecule has 0 amide bonds. The molecule has 0 saturated heterocycles. The molecule has 0 aliphatic carbocycles. The standard InChI is InChI=1S/C8H16Cl2O/c1-3-7(5-9)11-8(4-2)6-10/h7-8H,3-6H2,1-2H3. The minimum absolute atomic E-state index is 0.167. The van der Waals surface area contributed by atoms with Crippen molar-refractivity contribution >= 4 is 23.2 Å². The Labute approximate surface area is 79.0 Å². The van der Waals surface area contributed by atoms with Crippen LogP contribution >= 0.6 is 23.2 Å². The highest BCUT2D eigenvalue weighted by atomic mass is 35.5. The summed E-state index contributed by atoms with van der Waals surface area (Å²) in [6.45, 7) is 4.13. The summed E-state index contributed by atoms with van der Waals surface area (Å²) in [5.41, 5.74) is 0. The second-order valence-electron chi connectivity index (χ2n) is 2.51. The Morgan fingerprint density at radius 3 is 1.55 bits per heavy atom. The van der Waals surface area contributed by atoms with Gasteiger partial charge in [-0.25, -0.2) is 0 Å². The first kappa shape index (κ1) is 11.5. The molecule has 0 aromatic heterocycles. The lowest BCUT2D eigenvalue weighted by Gasteiger charge is -2.19. The predicted molar refractivity (Wildman–Crippen MR) is 50.7 cm³/mol. The van der Waals surface area contributed by atoms with Gasteiger partial charge in [0.05, 0.1) is 12.2 Å². The van der Waals surface area contributed by atoms with Gasteiger partial charge in [0.15, 0.2) is 0 Å². The number of hydrogen-bond donors (Lipinski definition) is 0. The monoisotopic (exact) mass is 198 g/mol. The lowest BCUT2D eigenvalue weighted by Crippen LogP contribution is -2.23. The van der Waals surface area contributed by atoms with Gasteiger partial charge < -0.3 is 4.74 Å². The quantitative estimate of drug-likeness (QED) is 0.597. The van der Waals surface area contributed by atoms with E-state index in [1.165, 1.54) is 0 Å². The summed E-state index contributed by atoms with van der Waals surface area (Å²) in [6, 6.07) is 0. The first-order chi connectivity index (χ1) is 5.28. The first-order valence-electron chi connectivity index (χ1n) is 4.05. The van der Waals surface area contributed by atoms with Crippen molar-refractivity contribution in [3.05, 3.63) is 0 Å². The Morgan fingerprint density at radius 1 is 1.00 bits per heavy atom. The molecule has 68 valence electrons. The van der Waals surface area contributed by atoms with Gasteiger partial charge in [-0.1, -0.05) is 13.8 Å². The fraction of sp³-hybridized carbons (Fsp3) is 1.00. The van der Waals surface area contributed by atoms with Crippen molar-refractivity contribution < 1.29 is 4.74 Å². The van der Waals surface area contributed by atoms with Gasteiger partial charge in [-0.05, 0) is 12.8 Å². The molecule has 2 unspecified atom stereocenters. The van der Waals surface area contributed by atoms with E-state index in [0.717, 1.165) is 12.8 Å². The van der Waals surface area contributed by atoms with Crippen LogP contribution in [0, 0.1) is 0 Å². The highest BCUT2D eigenvalue weighted by Gasteiger charge is 2.11. The molecule has 0 N–H and O–H groups in total. The third kappa shape index (κ3) is 4.89. The van der Waals surface area contributed by atoms with Crippen LogP contribution in [0.2, 0.25) is 0 Å². The van der Waals surface area contributed by atoms with Crippen LogP contribution in [0.4, 0.5) is 0 Å². The van der Waals surface area contributed by atoms with E-state index in [2.05, 4.69) is 13.8 Å². The molecule has 0 aromatic carbocycles. The van der Waals surface area contributed by atoms with Gasteiger partial charge >= 0.3 is 0 Å². The lowest BCUT2D eigenvalue weighted by atomic mass is 10.2. The van der Waals surface area contributed by atoms with E-state index in [4.69, 9.17) is 27.9 Å². The van der Waals surface area contributed by atoms with Crippen molar-refractivity contribution in [2.75, 3.05) is 11.8 Å². The van der Waals surface area contributed by atoms with Gasteiger partial charge in [0.1, 0.15) is 0 Å². The van der Waals surface area contributed by atoms with Crippen molar-refractivity contribution in [2.24, 2.45) is 0 Å². The van der Waals surface area contributed by atoms with Crippen LogP contribution in [0.3, 0.4) is 0 Å². The van der Waals surface area contributed by atoms with Crippen LogP contribution < -0.4 is 0 Å². The minimum atomic E-state index is 0.167. The van der Waals surface area contributed by atoms with E-state index in [1.807, 2.05) is 0 Å². The van der Waals surface area contributed by atoms with Crippen LogP contribution in [0.5, 0.6) is 0 Å².